The van der Waals surface area contributed by atoms with Crippen LogP contribution in [-0.4, -0.2) is 21.4 Å². The number of hydrogen-bond acceptors (Lipinski definition) is 3. The molecule has 0 unspecified atom stereocenters. The number of rotatable bonds is 2. The predicted molar refractivity (Wildman–Crippen MR) is 88.8 cm³/mol. The maximum absolute atomic E-state index is 12.9. The van der Waals surface area contributed by atoms with Crippen molar-refractivity contribution in [3.63, 3.8) is 0 Å². The third-order valence-electron chi connectivity index (χ3n) is 4.50. The lowest BCUT2D eigenvalue weighted by molar-refractivity contribution is -0.137. The van der Waals surface area contributed by atoms with E-state index in [0.29, 0.717) is 18.7 Å². The van der Waals surface area contributed by atoms with E-state index in [0.717, 1.165) is 41.2 Å². The van der Waals surface area contributed by atoms with Gasteiger partial charge in [0.15, 0.2) is 0 Å². The zero-order valence-corrected chi connectivity index (χ0v) is 13.4. The minimum atomic E-state index is -4.31. The molecule has 25 heavy (non-hydrogen) atoms. The standard InChI is InChI=1S/C19H16F3N3/c20-19(21,22)16-3-1-2-13(8-16)11-25-7-5-18-15(12-25)9-14-10-23-6-4-17(14)24-18/h1-4,6,8-10H,5,7,11-12H2. The highest BCUT2D eigenvalue weighted by Gasteiger charge is 2.30. The molecule has 1 aliphatic heterocycles. The van der Waals surface area contributed by atoms with Crippen LogP contribution in [-0.2, 0) is 25.7 Å². The van der Waals surface area contributed by atoms with Gasteiger partial charge < -0.3 is 0 Å². The van der Waals surface area contributed by atoms with Crippen LogP contribution >= 0.6 is 0 Å². The first-order valence-corrected chi connectivity index (χ1v) is 8.10. The Morgan fingerprint density at radius 2 is 2.00 bits per heavy atom. The highest BCUT2D eigenvalue weighted by atomic mass is 19.4. The lowest BCUT2D eigenvalue weighted by Gasteiger charge is -2.28. The first-order chi connectivity index (χ1) is 12.0. The molecule has 0 aliphatic carbocycles. The summed E-state index contributed by atoms with van der Waals surface area (Å²) in [5.74, 6) is 0. The molecule has 2 aromatic heterocycles. The van der Waals surface area contributed by atoms with Crippen molar-refractivity contribution < 1.29 is 13.2 Å². The van der Waals surface area contributed by atoms with Gasteiger partial charge in [-0.05, 0) is 29.3 Å². The van der Waals surface area contributed by atoms with Crippen LogP contribution in [0.3, 0.4) is 0 Å². The predicted octanol–water partition coefficient (Wildman–Crippen LogP) is 4.21. The molecule has 1 aliphatic rings. The first kappa shape index (κ1) is 16.0. The van der Waals surface area contributed by atoms with Crippen LogP contribution in [0.5, 0.6) is 0 Å². The Balaban J connectivity index is 1.56. The molecule has 0 saturated carbocycles. The van der Waals surface area contributed by atoms with Crippen molar-refractivity contribution in [3.8, 4) is 0 Å². The van der Waals surface area contributed by atoms with Crippen molar-refractivity contribution in [2.45, 2.75) is 25.7 Å². The number of aromatic nitrogens is 2. The molecule has 1 aromatic carbocycles. The average molecular weight is 343 g/mol. The molecule has 128 valence electrons. The lowest BCUT2D eigenvalue weighted by atomic mass is 10.0. The van der Waals surface area contributed by atoms with Crippen LogP contribution in [0.4, 0.5) is 13.2 Å². The van der Waals surface area contributed by atoms with Gasteiger partial charge in [-0.1, -0.05) is 18.2 Å². The number of pyridine rings is 2. The van der Waals surface area contributed by atoms with Gasteiger partial charge in [0.05, 0.1) is 11.1 Å². The molecule has 4 rings (SSSR count). The van der Waals surface area contributed by atoms with Gasteiger partial charge in [-0.3, -0.25) is 14.9 Å². The fraction of sp³-hybridized carbons (Fsp3) is 0.263. The summed E-state index contributed by atoms with van der Waals surface area (Å²) in [6, 6.07) is 9.54. The third kappa shape index (κ3) is 3.35. The zero-order chi connectivity index (χ0) is 17.4. The van der Waals surface area contributed by atoms with E-state index in [1.54, 1.807) is 18.5 Å². The minimum Gasteiger partial charge on any atom is -0.294 e. The summed E-state index contributed by atoms with van der Waals surface area (Å²) < 4.78 is 38.6. The lowest BCUT2D eigenvalue weighted by Crippen LogP contribution is -2.30. The molecule has 0 radical (unpaired) electrons. The van der Waals surface area contributed by atoms with Crippen molar-refractivity contribution in [2.75, 3.05) is 6.54 Å². The van der Waals surface area contributed by atoms with Gasteiger partial charge in [0, 0.05) is 49.5 Å². The van der Waals surface area contributed by atoms with Crippen LogP contribution in [0.2, 0.25) is 0 Å². The minimum absolute atomic E-state index is 0.494. The summed E-state index contributed by atoms with van der Waals surface area (Å²) in [6.45, 7) is 1.96. The molecule has 3 nitrogen and oxygen atoms in total. The van der Waals surface area contributed by atoms with Gasteiger partial charge >= 0.3 is 6.18 Å². The number of benzene rings is 1. The fourth-order valence-electron chi connectivity index (χ4n) is 3.28. The Hall–Kier alpha value is -2.47. The zero-order valence-electron chi connectivity index (χ0n) is 13.4. The Morgan fingerprint density at radius 3 is 2.84 bits per heavy atom. The number of alkyl halides is 3. The molecule has 0 atom stereocenters. The molecule has 0 amide bonds. The second-order valence-electron chi connectivity index (χ2n) is 6.32. The smallest absolute Gasteiger partial charge is 0.294 e. The maximum Gasteiger partial charge on any atom is 0.416 e. The second-order valence-corrected chi connectivity index (χ2v) is 6.32. The van der Waals surface area contributed by atoms with Gasteiger partial charge in [-0.25, -0.2) is 0 Å². The average Bonchev–Trinajstić information content (AvgIpc) is 2.59. The van der Waals surface area contributed by atoms with Crippen molar-refractivity contribution in [3.05, 3.63) is 71.2 Å². The van der Waals surface area contributed by atoms with Gasteiger partial charge in [0.1, 0.15) is 0 Å². The van der Waals surface area contributed by atoms with Crippen molar-refractivity contribution in [1.82, 2.24) is 14.9 Å². The van der Waals surface area contributed by atoms with E-state index in [2.05, 4.69) is 20.9 Å². The molecule has 0 saturated heterocycles. The topological polar surface area (TPSA) is 29.0 Å². The van der Waals surface area contributed by atoms with E-state index in [4.69, 9.17) is 0 Å². The fourth-order valence-corrected chi connectivity index (χ4v) is 3.28. The molecule has 0 spiro atoms. The van der Waals surface area contributed by atoms with E-state index >= 15 is 0 Å². The van der Waals surface area contributed by atoms with Crippen LogP contribution < -0.4 is 0 Å². The van der Waals surface area contributed by atoms with Gasteiger partial charge in [0.2, 0.25) is 0 Å². The summed E-state index contributed by atoms with van der Waals surface area (Å²) in [5, 5.41) is 0.988. The monoisotopic (exact) mass is 343 g/mol. The molecule has 0 fully saturated rings. The molecular weight excluding hydrogens is 327 g/mol. The third-order valence-corrected chi connectivity index (χ3v) is 4.50. The Bertz CT molecular complexity index is 921. The van der Waals surface area contributed by atoms with E-state index in [-0.39, 0.29) is 0 Å². The van der Waals surface area contributed by atoms with Gasteiger partial charge in [-0.2, -0.15) is 13.2 Å². The highest BCUT2D eigenvalue weighted by molar-refractivity contribution is 5.78. The highest BCUT2D eigenvalue weighted by Crippen LogP contribution is 2.30. The number of halogens is 3. The van der Waals surface area contributed by atoms with Gasteiger partial charge in [-0.15, -0.1) is 0 Å². The summed E-state index contributed by atoms with van der Waals surface area (Å²) in [4.78, 5) is 11.0. The Morgan fingerprint density at radius 1 is 1.12 bits per heavy atom. The summed E-state index contributed by atoms with van der Waals surface area (Å²) in [7, 11) is 0. The number of hydrogen-bond donors (Lipinski definition) is 0. The van der Waals surface area contributed by atoms with Crippen LogP contribution in [0, 0.1) is 0 Å². The molecule has 3 heterocycles. The largest absolute Gasteiger partial charge is 0.416 e. The Kier molecular flexibility index (Phi) is 3.92. The first-order valence-electron chi connectivity index (χ1n) is 8.10. The Labute approximate surface area is 143 Å². The molecule has 0 N–H and O–H groups in total. The van der Waals surface area contributed by atoms with E-state index in [1.807, 2.05) is 6.07 Å². The SMILES string of the molecule is FC(F)(F)c1cccc(CN2CCc3nc4ccncc4cc3C2)c1. The normalized spacial score (nSPS) is 15.3. The van der Waals surface area contributed by atoms with Crippen molar-refractivity contribution in [1.29, 1.82) is 0 Å². The van der Waals surface area contributed by atoms with Crippen LogP contribution in [0.1, 0.15) is 22.4 Å². The van der Waals surface area contributed by atoms with E-state index < -0.39 is 11.7 Å². The molecule has 0 bridgehead atoms. The molecular formula is C19H16F3N3. The summed E-state index contributed by atoms with van der Waals surface area (Å²) in [5.41, 5.74) is 3.20. The van der Waals surface area contributed by atoms with Crippen molar-refractivity contribution >= 4 is 10.9 Å². The summed E-state index contributed by atoms with van der Waals surface area (Å²) in [6.07, 6.45) is 0.00571. The van der Waals surface area contributed by atoms with Gasteiger partial charge in [0.25, 0.3) is 0 Å². The van der Waals surface area contributed by atoms with E-state index in [1.165, 1.54) is 12.1 Å². The number of nitrogens with zero attached hydrogens (tertiary/aromatic N) is 3. The van der Waals surface area contributed by atoms with Crippen LogP contribution in [0.15, 0.2) is 48.8 Å². The summed E-state index contributed by atoms with van der Waals surface area (Å²) >= 11 is 0. The quantitative estimate of drug-likeness (QED) is 0.698. The molecule has 6 heteroatoms. The maximum atomic E-state index is 12.9. The van der Waals surface area contributed by atoms with Crippen molar-refractivity contribution in [2.24, 2.45) is 0 Å². The van der Waals surface area contributed by atoms with Crippen LogP contribution in [0.25, 0.3) is 10.9 Å². The molecule has 3 aromatic rings. The number of fused-ring (bicyclic) bond motifs is 2. The second kappa shape index (κ2) is 6.11. The van der Waals surface area contributed by atoms with E-state index in [9.17, 15) is 13.2 Å².